The minimum Gasteiger partial charge on any atom is -0.497 e. The predicted octanol–water partition coefficient (Wildman–Crippen LogP) is 2.85. The molecular weight excluding hydrogens is 356 g/mol. The Morgan fingerprint density at radius 3 is 2.31 bits per heavy atom. The number of thiophene rings is 1. The number of esters is 1. The van der Waals surface area contributed by atoms with Crippen LogP contribution in [0.5, 0.6) is 5.75 Å². The molecule has 2 N–H and O–H groups in total. The van der Waals surface area contributed by atoms with E-state index in [1.54, 1.807) is 38.1 Å². The largest absolute Gasteiger partial charge is 0.497 e. The van der Waals surface area contributed by atoms with Crippen molar-refractivity contribution < 1.29 is 23.9 Å². The molecule has 2 aromatic rings. The molecule has 7 nitrogen and oxygen atoms in total. The summed E-state index contributed by atoms with van der Waals surface area (Å²) < 4.78 is 10.1. The highest BCUT2D eigenvalue weighted by atomic mass is 32.1. The topological polar surface area (TPSA) is 93.7 Å². The molecule has 0 saturated heterocycles. The van der Waals surface area contributed by atoms with Crippen LogP contribution < -0.4 is 15.4 Å². The van der Waals surface area contributed by atoms with E-state index in [0.29, 0.717) is 21.9 Å². The van der Waals surface area contributed by atoms with Gasteiger partial charge in [-0.15, -0.1) is 11.3 Å². The van der Waals surface area contributed by atoms with Crippen molar-refractivity contribution in [2.45, 2.75) is 13.8 Å². The van der Waals surface area contributed by atoms with Crippen molar-refractivity contribution in [2.75, 3.05) is 26.1 Å². The molecule has 0 aliphatic rings. The molecule has 8 heteroatoms. The smallest absolute Gasteiger partial charge is 0.348 e. The van der Waals surface area contributed by atoms with Gasteiger partial charge in [0.25, 0.3) is 11.8 Å². The molecule has 1 aromatic carbocycles. The first kappa shape index (κ1) is 19.5. The number of methoxy groups -OCH3 is 1. The molecule has 0 aliphatic heterocycles. The Bertz CT molecular complexity index is 827. The number of amides is 2. The van der Waals surface area contributed by atoms with Crippen LogP contribution in [0.25, 0.3) is 0 Å². The lowest BCUT2D eigenvalue weighted by atomic mass is 10.1. The van der Waals surface area contributed by atoms with Gasteiger partial charge in [0.1, 0.15) is 15.6 Å². The van der Waals surface area contributed by atoms with Crippen LogP contribution in [0.3, 0.4) is 0 Å². The maximum atomic E-state index is 12.5. The van der Waals surface area contributed by atoms with Gasteiger partial charge in [-0.25, -0.2) is 4.79 Å². The van der Waals surface area contributed by atoms with Crippen LogP contribution in [-0.2, 0) is 4.74 Å². The van der Waals surface area contributed by atoms with Gasteiger partial charge < -0.3 is 20.1 Å². The van der Waals surface area contributed by atoms with E-state index < -0.39 is 11.9 Å². The van der Waals surface area contributed by atoms with Gasteiger partial charge in [-0.1, -0.05) is 0 Å². The number of carbonyl (C=O) groups excluding carboxylic acids is 3. The second kappa shape index (κ2) is 8.48. The number of benzene rings is 1. The van der Waals surface area contributed by atoms with E-state index in [1.807, 2.05) is 0 Å². The zero-order valence-electron chi connectivity index (χ0n) is 15.0. The van der Waals surface area contributed by atoms with Gasteiger partial charge in [-0.3, -0.25) is 9.59 Å². The van der Waals surface area contributed by atoms with Crippen molar-refractivity contribution in [2.24, 2.45) is 0 Å². The summed E-state index contributed by atoms with van der Waals surface area (Å²) in [6.45, 7) is 3.57. The van der Waals surface area contributed by atoms with Gasteiger partial charge in [0.05, 0.1) is 19.3 Å². The molecule has 26 heavy (non-hydrogen) atoms. The van der Waals surface area contributed by atoms with Crippen LogP contribution in [0.2, 0.25) is 0 Å². The number of anilines is 1. The number of ether oxygens (including phenoxy) is 2. The summed E-state index contributed by atoms with van der Waals surface area (Å²) in [5.41, 5.74) is 1.12. The molecule has 0 bridgehead atoms. The standard InChI is InChI=1S/C18H20N2O5S/c1-5-25-18(23)14-10(2)13(16(22)19-3)17(26-14)20-15(21)11-6-8-12(24-4)9-7-11/h6-9H,5H2,1-4H3,(H,19,22)(H,20,21). The third kappa shape index (κ3) is 4.02. The van der Waals surface area contributed by atoms with Gasteiger partial charge >= 0.3 is 5.97 Å². The Labute approximate surface area is 155 Å². The van der Waals surface area contributed by atoms with Crippen molar-refractivity contribution in [1.82, 2.24) is 5.32 Å². The first-order valence-corrected chi connectivity index (χ1v) is 8.72. The quantitative estimate of drug-likeness (QED) is 0.756. The first-order chi connectivity index (χ1) is 12.4. The molecule has 2 amide bonds. The molecule has 138 valence electrons. The van der Waals surface area contributed by atoms with Gasteiger partial charge in [0.2, 0.25) is 0 Å². The fourth-order valence-corrected chi connectivity index (χ4v) is 3.40. The second-order valence-electron chi connectivity index (χ2n) is 5.24. The highest BCUT2D eigenvalue weighted by Gasteiger charge is 2.26. The molecule has 2 rings (SSSR count). The zero-order valence-corrected chi connectivity index (χ0v) is 15.8. The van der Waals surface area contributed by atoms with Crippen LogP contribution in [0.4, 0.5) is 5.00 Å². The molecule has 1 aromatic heterocycles. The van der Waals surface area contributed by atoms with E-state index in [0.717, 1.165) is 11.3 Å². The molecule has 0 spiro atoms. The molecule has 0 fully saturated rings. The highest BCUT2D eigenvalue weighted by Crippen LogP contribution is 2.34. The number of rotatable bonds is 6. The van der Waals surface area contributed by atoms with E-state index in [4.69, 9.17) is 9.47 Å². The predicted molar refractivity (Wildman–Crippen MR) is 99.3 cm³/mol. The lowest BCUT2D eigenvalue weighted by Gasteiger charge is -2.07. The average molecular weight is 376 g/mol. The van der Waals surface area contributed by atoms with E-state index in [1.165, 1.54) is 14.2 Å². The summed E-state index contributed by atoms with van der Waals surface area (Å²) in [5, 5.41) is 5.53. The number of carbonyl (C=O) groups is 3. The first-order valence-electron chi connectivity index (χ1n) is 7.90. The Hall–Kier alpha value is -2.87. The fourth-order valence-electron chi connectivity index (χ4n) is 2.31. The normalized spacial score (nSPS) is 10.2. The highest BCUT2D eigenvalue weighted by molar-refractivity contribution is 7.18. The molecular formula is C18H20N2O5S. The van der Waals surface area contributed by atoms with Crippen LogP contribution in [0, 0.1) is 6.92 Å². The van der Waals surface area contributed by atoms with Gasteiger partial charge in [0, 0.05) is 12.6 Å². The third-order valence-corrected chi connectivity index (χ3v) is 4.83. The minimum absolute atomic E-state index is 0.221. The Morgan fingerprint density at radius 2 is 1.77 bits per heavy atom. The Balaban J connectivity index is 2.37. The van der Waals surface area contributed by atoms with E-state index in [9.17, 15) is 14.4 Å². The van der Waals surface area contributed by atoms with E-state index >= 15 is 0 Å². The van der Waals surface area contributed by atoms with E-state index in [-0.39, 0.29) is 23.0 Å². The maximum absolute atomic E-state index is 12.5. The van der Waals surface area contributed by atoms with Crippen molar-refractivity contribution in [1.29, 1.82) is 0 Å². The van der Waals surface area contributed by atoms with Crippen molar-refractivity contribution in [3.8, 4) is 5.75 Å². The molecule has 0 aliphatic carbocycles. The molecule has 0 atom stereocenters. The lowest BCUT2D eigenvalue weighted by molar-refractivity contribution is 0.0531. The van der Waals surface area contributed by atoms with Crippen LogP contribution in [0.1, 0.15) is 42.9 Å². The van der Waals surface area contributed by atoms with Gasteiger partial charge in [0.15, 0.2) is 0 Å². The van der Waals surface area contributed by atoms with Crippen molar-refractivity contribution in [3.63, 3.8) is 0 Å². The van der Waals surface area contributed by atoms with Crippen LogP contribution in [0.15, 0.2) is 24.3 Å². The summed E-state index contributed by atoms with van der Waals surface area (Å²) >= 11 is 1.02. The van der Waals surface area contributed by atoms with Gasteiger partial charge in [-0.05, 0) is 43.7 Å². The second-order valence-corrected chi connectivity index (χ2v) is 6.26. The van der Waals surface area contributed by atoms with Gasteiger partial charge in [-0.2, -0.15) is 0 Å². The minimum atomic E-state index is -0.523. The number of hydrogen-bond acceptors (Lipinski definition) is 6. The average Bonchev–Trinajstić information content (AvgIpc) is 2.97. The molecule has 0 saturated carbocycles. The van der Waals surface area contributed by atoms with Crippen molar-refractivity contribution >= 4 is 34.1 Å². The third-order valence-electron chi connectivity index (χ3n) is 3.64. The molecule has 0 unspecified atom stereocenters. The van der Waals surface area contributed by atoms with Crippen molar-refractivity contribution in [3.05, 3.63) is 45.8 Å². The summed E-state index contributed by atoms with van der Waals surface area (Å²) in [5.74, 6) is -0.678. The summed E-state index contributed by atoms with van der Waals surface area (Å²) in [7, 11) is 3.02. The molecule has 1 heterocycles. The maximum Gasteiger partial charge on any atom is 0.348 e. The van der Waals surface area contributed by atoms with E-state index in [2.05, 4.69) is 10.6 Å². The summed E-state index contributed by atoms with van der Waals surface area (Å²) in [4.78, 5) is 37.1. The van der Waals surface area contributed by atoms with Crippen LogP contribution >= 0.6 is 11.3 Å². The van der Waals surface area contributed by atoms with Crippen LogP contribution in [-0.4, -0.2) is 38.5 Å². The summed E-state index contributed by atoms with van der Waals surface area (Å²) in [6, 6.07) is 6.55. The zero-order chi connectivity index (χ0) is 19.3. The number of nitrogens with one attached hydrogen (secondary N) is 2. The monoisotopic (exact) mass is 376 g/mol. The molecule has 0 radical (unpaired) electrons. The Kier molecular flexibility index (Phi) is 6.35. The Morgan fingerprint density at radius 1 is 1.12 bits per heavy atom. The lowest BCUT2D eigenvalue weighted by Crippen LogP contribution is -2.21. The SMILES string of the molecule is CCOC(=O)c1sc(NC(=O)c2ccc(OC)cc2)c(C(=O)NC)c1C. The summed E-state index contributed by atoms with van der Waals surface area (Å²) in [6.07, 6.45) is 0. The number of hydrogen-bond donors (Lipinski definition) is 2. The fraction of sp³-hybridized carbons (Fsp3) is 0.278.